The molecule has 0 radical (unpaired) electrons. The number of aromatic nitrogens is 1. The maximum atomic E-state index is 12.8. The molecule has 3 saturated heterocycles. The van der Waals surface area contributed by atoms with Gasteiger partial charge in [-0.1, -0.05) is 11.6 Å². The highest BCUT2D eigenvalue weighted by Crippen LogP contribution is 2.35. The van der Waals surface area contributed by atoms with Gasteiger partial charge in [-0.05, 0) is 50.8 Å². The second-order valence-corrected chi connectivity index (χ2v) is 10.8. The van der Waals surface area contributed by atoms with Crippen LogP contribution >= 0.6 is 11.6 Å². The number of halogens is 1. The summed E-state index contributed by atoms with van der Waals surface area (Å²) in [5, 5.41) is 15.9. The van der Waals surface area contributed by atoms with E-state index >= 15 is 0 Å². The van der Waals surface area contributed by atoms with E-state index in [0.717, 1.165) is 42.6 Å². The molecule has 0 unspecified atom stereocenters. The van der Waals surface area contributed by atoms with E-state index in [9.17, 15) is 9.90 Å². The first-order chi connectivity index (χ1) is 16.2. The molecule has 3 atom stereocenters. The van der Waals surface area contributed by atoms with Crippen molar-refractivity contribution in [1.82, 2.24) is 9.88 Å². The molecule has 0 bridgehead atoms. The highest BCUT2D eigenvalue weighted by Gasteiger charge is 2.45. The van der Waals surface area contributed by atoms with Crippen LogP contribution in [0.1, 0.15) is 27.2 Å². The van der Waals surface area contributed by atoms with Crippen molar-refractivity contribution in [2.75, 3.05) is 56.2 Å². The summed E-state index contributed by atoms with van der Waals surface area (Å²) in [5.41, 5.74) is 0.161. The van der Waals surface area contributed by atoms with Crippen LogP contribution in [-0.2, 0) is 14.3 Å². The molecule has 4 heterocycles. The van der Waals surface area contributed by atoms with E-state index in [4.69, 9.17) is 21.1 Å². The third-order valence-electron chi connectivity index (χ3n) is 7.81. The maximum Gasteiger partial charge on any atom is 0.231 e. The van der Waals surface area contributed by atoms with Crippen molar-refractivity contribution in [3.63, 3.8) is 0 Å². The molecule has 184 valence electrons. The molecule has 2 N–H and O–H groups in total. The lowest BCUT2D eigenvalue weighted by Gasteiger charge is -2.45. The van der Waals surface area contributed by atoms with E-state index in [-0.39, 0.29) is 17.4 Å². The van der Waals surface area contributed by atoms with E-state index in [1.807, 2.05) is 26.0 Å². The molecule has 0 aliphatic carbocycles. The number of hydrogen-bond donors (Lipinski definition) is 2. The summed E-state index contributed by atoms with van der Waals surface area (Å²) in [4.78, 5) is 21.9. The zero-order valence-corrected chi connectivity index (χ0v) is 20.8. The largest absolute Gasteiger partial charge is 0.389 e. The molecule has 9 heteroatoms. The van der Waals surface area contributed by atoms with Gasteiger partial charge < -0.3 is 24.8 Å². The van der Waals surface area contributed by atoms with Crippen LogP contribution in [0.5, 0.6) is 0 Å². The fourth-order valence-corrected chi connectivity index (χ4v) is 5.72. The number of pyridine rings is 1. The number of aliphatic hydroxyl groups is 1. The summed E-state index contributed by atoms with van der Waals surface area (Å²) in [7, 11) is 0. The standard InChI is InChI=1S/C25H33ClN4O4/c1-24(2)18(4-9-34-24)23(32)28-22-12-16-11-20(19(26)10-17(16)13-27-22)29-5-7-30(8-6-29)25(3)15-33-14-21(25)31/h10-13,18,21,31H,4-9,14-15H2,1-3H3,(H,27,28,32)/t18-,21-,25+/m0/s1. The average Bonchev–Trinajstić information content (AvgIpc) is 3.34. The Labute approximate surface area is 205 Å². The first-order valence-electron chi connectivity index (χ1n) is 12.0. The van der Waals surface area contributed by atoms with Gasteiger partial charge in [-0.25, -0.2) is 4.98 Å². The number of fused-ring (bicyclic) bond motifs is 1. The van der Waals surface area contributed by atoms with Gasteiger partial charge in [-0.3, -0.25) is 9.69 Å². The third kappa shape index (κ3) is 4.27. The molecule has 8 nitrogen and oxygen atoms in total. The number of nitrogens with one attached hydrogen (secondary N) is 1. The number of ether oxygens (including phenoxy) is 2. The average molecular weight is 489 g/mol. The van der Waals surface area contributed by atoms with Crippen LogP contribution in [-0.4, -0.2) is 84.1 Å². The number of carbonyl (C=O) groups is 1. The first-order valence-corrected chi connectivity index (χ1v) is 12.4. The molecule has 1 aromatic carbocycles. The summed E-state index contributed by atoms with van der Waals surface area (Å²) in [5.74, 6) is 0.264. The molecule has 5 rings (SSSR count). The van der Waals surface area contributed by atoms with Crippen LogP contribution in [0.3, 0.4) is 0 Å². The monoisotopic (exact) mass is 488 g/mol. The topological polar surface area (TPSA) is 87.2 Å². The summed E-state index contributed by atoms with van der Waals surface area (Å²) < 4.78 is 11.2. The molecule has 1 aromatic heterocycles. The van der Waals surface area contributed by atoms with Crippen LogP contribution in [0.2, 0.25) is 5.02 Å². The van der Waals surface area contributed by atoms with E-state index in [2.05, 4.69) is 33.1 Å². The van der Waals surface area contributed by atoms with Gasteiger partial charge in [-0.15, -0.1) is 0 Å². The minimum absolute atomic E-state index is 0.0637. The summed E-state index contributed by atoms with van der Waals surface area (Å²) in [6, 6.07) is 5.91. The van der Waals surface area contributed by atoms with E-state index in [1.54, 1.807) is 6.20 Å². The van der Waals surface area contributed by atoms with Crippen molar-refractivity contribution >= 4 is 39.8 Å². The number of benzene rings is 1. The molecule has 2 aromatic rings. The number of carbonyl (C=O) groups excluding carboxylic acids is 1. The van der Waals surface area contributed by atoms with Crippen molar-refractivity contribution in [2.45, 2.75) is 44.4 Å². The van der Waals surface area contributed by atoms with Gasteiger partial charge in [0.1, 0.15) is 5.82 Å². The predicted octanol–water partition coefficient (Wildman–Crippen LogP) is 2.91. The molecule has 3 aliphatic heterocycles. The van der Waals surface area contributed by atoms with Crippen molar-refractivity contribution in [1.29, 1.82) is 0 Å². The van der Waals surface area contributed by atoms with Crippen molar-refractivity contribution in [2.24, 2.45) is 5.92 Å². The molecule has 34 heavy (non-hydrogen) atoms. The Kier molecular flexibility index (Phi) is 6.23. The summed E-state index contributed by atoms with van der Waals surface area (Å²) in [6.07, 6.45) is 1.99. The fourth-order valence-electron chi connectivity index (χ4n) is 5.43. The predicted molar refractivity (Wildman–Crippen MR) is 133 cm³/mol. The van der Waals surface area contributed by atoms with Gasteiger partial charge in [0.2, 0.25) is 5.91 Å². The van der Waals surface area contributed by atoms with Gasteiger partial charge in [0.05, 0.1) is 47.1 Å². The maximum absolute atomic E-state index is 12.8. The number of nitrogens with zero attached hydrogens (tertiary/aromatic N) is 3. The SMILES string of the molecule is CC1(C)OCC[C@H]1C(=O)Nc1cc2cc(N3CCN([C@]4(C)COC[C@@H]4O)CC3)c(Cl)cc2cn1. The lowest BCUT2D eigenvalue weighted by atomic mass is 9.90. The minimum Gasteiger partial charge on any atom is -0.389 e. The molecular formula is C25H33ClN4O4. The minimum atomic E-state index is -0.471. The molecule has 0 spiro atoms. The van der Waals surface area contributed by atoms with E-state index < -0.39 is 11.7 Å². The Morgan fingerprint density at radius 2 is 1.94 bits per heavy atom. The highest BCUT2D eigenvalue weighted by molar-refractivity contribution is 6.34. The van der Waals surface area contributed by atoms with Gasteiger partial charge in [-0.2, -0.15) is 0 Å². The van der Waals surface area contributed by atoms with E-state index in [1.165, 1.54) is 0 Å². The lowest BCUT2D eigenvalue weighted by molar-refractivity contribution is -0.124. The quantitative estimate of drug-likeness (QED) is 0.684. The number of piperazine rings is 1. The van der Waals surface area contributed by atoms with Crippen LogP contribution in [0.15, 0.2) is 24.4 Å². The molecule has 0 saturated carbocycles. The summed E-state index contributed by atoms with van der Waals surface area (Å²) >= 11 is 6.67. The molecular weight excluding hydrogens is 456 g/mol. The van der Waals surface area contributed by atoms with Crippen LogP contribution in [0.4, 0.5) is 11.5 Å². The van der Waals surface area contributed by atoms with Crippen molar-refractivity contribution in [3.05, 3.63) is 29.4 Å². The van der Waals surface area contributed by atoms with Crippen molar-refractivity contribution < 1.29 is 19.4 Å². The van der Waals surface area contributed by atoms with E-state index in [0.29, 0.717) is 37.1 Å². The number of rotatable bonds is 4. The molecule has 3 aliphatic rings. The summed E-state index contributed by atoms with van der Waals surface area (Å²) in [6.45, 7) is 10.8. The fraction of sp³-hybridized carbons (Fsp3) is 0.600. The zero-order chi connectivity index (χ0) is 24.1. The Morgan fingerprint density at radius 1 is 1.18 bits per heavy atom. The second kappa shape index (κ2) is 8.91. The van der Waals surface area contributed by atoms with Gasteiger partial charge in [0.25, 0.3) is 0 Å². The first kappa shape index (κ1) is 23.8. The Morgan fingerprint density at radius 3 is 2.59 bits per heavy atom. The zero-order valence-electron chi connectivity index (χ0n) is 20.0. The third-order valence-corrected chi connectivity index (χ3v) is 8.11. The number of amides is 1. The smallest absolute Gasteiger partial charge is 0.231 e. The van der Waals surface area contributed by atoms with Crippen LogP contribution in [0.25, 0.3) is 10.8 Å². The second-order valence-electron chi connectivity index (χ2n) is 10.4. The van der Waals surface area contributed by atoms with Crippen LogP contribution < -0.4 is 10.2 Å². The Bertz CT molecular complexity index is 1090. The number of aliphatic hydroxyl groups excluding tert-OH is 1. The number of hydrogen-bond acceptors (Lipinski definition) is 7. The normalized spacial score (nSPS) is 29.6. The highest BCUT2D eigenvalue weighted by atomic mass is 35.5. The van der Waals surface area contributed by atoms with Gasteiger partial charge in [0, 0.05) is 44.4 Å². The van der Waals surface area contributed by atoms with Crippen molar-refractivity contribution in [3.8, 4) is 0 Å². The van der Waals surface area contributed by atoms with Crippen LogP contribution in [0, 0.1) is 5.92 Å². The Hall–Kier alpha value is -1.97. The number of anilines is 2. The Balaban J connectivity index is 1.32. The lowest BCUT2D eigenvalue weighted by Crippen LogP contribution is -2.60. The van der Waals surface area contributed by atoms with Gasteiger partial charge in [0.15, 0.2) is 0 Å². The van der Waals surface area contributed by atoms with Gasteiger partial charge >= 0.3 is 0 Å². The molecule has 1 amide bonds. The molecule has 3 fully saturated rings.